The van der Waals surface area contributed by atoms with Crippen LogP contribution in [0.3, 0.4) is 0 Å². The lowest BCUT2D eigenvalue weighted by molar-refractivity contribution is -0.139. The first-order chi connectivity index (χ1) is 8.58. The van der Waals surface area contributed by atoms with Gasteiger partial charge in [-0.05, 0) is 13.8 Å². The maximum Gasteiger partial charge on any atom is 0.326 e. The highest BCUT2D eigenvalue weighted by atomic mass is 16.4. The Morgan fingerprint density at radius 1 is 1.50 bits per heavy atom. The van der Waals surface area contributed by atoms with Crippen LogP contribution in [0.5, 0.6) is 0 Å². The number of urea groups is 1. The van der Waals surface area contributed by atoms with Crippen LogP contribution < -0.4 is 5.32 Å². The molecule has 0 radical (unpaired) electrons. The van der Waals surface area contributed by atoms with Crippen LogP contribution in [0.4, 0.5) is 4.79 Å². The van der Waals surface area contributed by atoms with Gasteiger partial charge in [0, 0.05) is 31.4 Å². The van der Waals surface area contributed by atoms with Crippen LogP contribution in [0.25, 0.3) is 0 Å². The number of H-pyrrole nitrogens is 1. The summed E-state index contributed by atoms with van der Waals surface area (Å²) in [7, 11) is 0. The van der Waals surface area contributed by atoms with Crippen molar-refractivity contribution in [3.05, 3.63) is 18.2 Å². The lowest BCUT2D eigenvalue weighted by Gasteiger charge is -2.22. The van der Waals surface area contributed by atoms with Crippen LogP contribution in [0.15, 0.2) is 12.5 Å². The molecule has 1 rings (SSSR count). The molecule has 7 heteroatoms. The SMILES string of the molecule is CCN(CC)C(=O)N[C@H](Cc1cnc[nH]1)C(=O)O. The highest BCUT2D eigenvalue weighted by Gasteiger charge is 2.22. The Morgan fingerprint density at radius 3 is 2.61 bits per heavy atom. The number of aromatic nitrogens is 2. The fourth-order valence-electron chi connectivity index (χ4n) is 1.57. The largest absolute Gasteiger partial charge is 0.480 e. The summed E-state index contributed by atoms with van der Waals surface area (Å²) in [4.78, 5) is 31.0. The number of hydrogen-bond donors (Lipinski definition) is 3. The second-order valence-electron chi connectivity index (χ2n) is 3.79. The molecule has 0 aliphatic rings. The van der Waals surface area contributed by atoms with Gasteiger partial charge in [0.05, 0.1) is 6.33 Å². The van der Waals surface area contributed by atoms with Gasteiger partial charge >= 0.3 is 12.0 Å². The molecule has 1 atom stereocenters. The Labute approximate surface area is 105 Å². The van der Waals surface area contributed by atoms with E-state index >= 15 is 0 Å². The predicted octanol–water partition coefficient (Wildman–Crippen LogP) is 0.457. The first-order valence-electron chi connectivity index (χ1n) is 5.84. The van der Waals surface area contributed by atoms with Gasteiger partial charge in [0.2, 0.25) is 0 Å². The fraction of sp³-hybridized carbons (Fsp3) is 0.545. The minimum absolute atomic E-state index is 0.183. The molecule has 0 fully saturated rings. The normalized spacial score (nSPS) is 11.9. The first kappa shape index (κ1) is 14.0. The van der Waals surface area contributed by atoms with E-state index in [1.807, 2.05) is 13.8 Å². The molecule has 0 aliphatic heterocycles. The van der Waals surface area contributed by atoms with Gasteiger partial charge < -0.3 is 20.3 Å². The van der Waals surface area contributed by atoms with Crippen molar-refractivity contribution in [1.29, 1.82) is 0 Å². The third-order valence-electron chi connectivity index (χ3n) is 2.63. The van der Waals surface area contributed by atoms with Crippen LogP contribution in [-0.2, 0) is 11.2 Å². The number of nitrogens with zero attached hydrogens (tertiary/aromatic N) is 2. The van der Waals surface area contributed by atoms with Crippen molar-refractivity contribution in [3.8, 4) is 0 Å². The zero-order chi connectivity index (χ0) is 13.5. The first-order valence-corrected chi connectivity index (χ1v) is 5.84. The number of hydrogen-bond acceptors (Lipinski definition) is 3. The average Bonchev–Trinajstić information content (AvgIpc) is 2.82. The molecule has 1 heterocycles. The molecule has 0 spiro atoms. The summed E-state index contributed by atoms with van der Waals surface area (Å²) < 4.78 is 0. The van der Waals surface area contributed by atoms with E-state index < -0.39 is 12.0 Å². The second kappa shape index (κ2) is 6.63. The smallest absolute Gasteiger partial charge is 0.326 e. The highest BCUT2D eigenvalue weighted by molar-refractivity contribution is 5.82. The van der Waals surface area contributed by atoms with Gasteiger partial charge in [-0.2, -0.15) is 0 Å². The van der Waals surface area contributed by atoms with E-state index in [0.29, 0.717) is 18.8 Å². The van der Waals surface area contributed by atoms with Crippen molar-refractivity contribution in [1.82, 2.24) is 20.2 Å². The van der Waals surface area contributed by atoms with Gasteiger partial charge in [0.1, 0.15) is 6.04 Å². The molecule has 18 heavy (non-hydrogen) atoms. The number of carboxylic acid groups (broad SMARTS) is 1. The average molecular weight is 254 g/mol. The van der Waals surface area contributed by atoms with E-state index in [-0.39, 0.29) is 12.5 Å². The van der Waals surface area contributed by atoms with Crippen LogP contribution in [0.1, 0.15) is 19.5 Å². The summed E-state index contributed by atoms with van der Waals surface area (Å²) in [6, 6.07) is -1.33. The molecule has 1 aromatic rings. The van der Waals surface area contributed by atoms with Gasteiger partial charge in [-0.15, -0.1) is 0 Å². The lowest BCUT2D eigenvalue weighted by atomic mass is 10.1. The Hall–Kier alpha value is -2.05. The van der Waals surface area contributed by atoms with Crippen molar-refractivity contribution in [3.63, 3.8) is 0 Å². The molecule has 0 saturated heterocycles. The van der Waals surface area contributed by atoms with Gasteiger partial charge in [-0.25, -0.2) is 14.6 Å². The number of nitrogens with one attached hydrogen (secondary N) is 2. The Bertz CT molecular complexity index is 387. The summed E-state index contributed by atoms with van der Waals surface area (Å²) in [6.45, 7) is 4.76. The molecule has 0 aromatic carbocycles. The maximum absolute atomic E-state index is 11.8. The second-order valence-corrected chi connectivity index (χ2v) is 3.79. The minimum atomic E-state index is -1.06. The van der Waals surface area contributed by atoms with Gasteiger partial charge in [-0.1, -0.05) is 0 Å². The third-order valence-corrected chi connectivity index (χ3v) is 2.63. The number of rotatable bonds is 6. The van der Waals surface area contributed by atoms with E-state index in [0.717, 1.165) is 0 Å². The Balaban J connectivity index is 2.63. The van der Waals surface area contributed by atoms with Crippen molar-refractivity contribution in [2.24, 2.45) is 0 Å². The summed E-state index contributed by atoms with van der Waals surface area (Å²) in [5.74, 6) is -1.06. The number of carboxylic acids is 1. The minimum Gasteiger partial charge on any atom is -0.480 e. The molecule has 0 bridgehead atoms. The molecule has 7 nitrogen and oxygen atoms in total. The number of imidazole rings is 1. The van der Waals surface area contributed by atoms with Crippen LogP contribution in [0, 0.1) is 0 Å². The lowest BCUT2D eigenvalue weighted by Crippen LogP contribution is -2.48. The van der Waals surface area contributed by atoms with Crippen molar-refractivity contribution in [2.45, 2.75) is 26.3 Å². The molecule has 0 saturated carbocycles. The molecular weight excluding hydrogens is 236 g/mol. The zero-order valence-corrected chi connectivity index (χ0v) is 10.5. The summed E-state index contributed by atoms with van der Waals surface area (Å²) in [5.41, 5.74) is 0.669. The monoisotopic (exact) mass is 254 g/mol. The predicted molar refractivity (Wildman–Crippen MR) is 65.2 cm³/mol. The van der Waals surface area contributed by atoms with Gasteiger partial charge in [-0.3, -0.25) is 0 Å². The zero-order valence-electron chi connectivity index (χ0n) is 10.5. The van der Waals surface area contributed by atoms with Gasteiger partial charge in [0.15, 0.2) is 0 Å². The Kier molecular flexibility index (Phi) is 5.16. The molecule has 100 valence electrons. The number of carbonyl (C=O) groups excluding carboxylic acids is 1. The van der Waals surface area contributed by atoms with E-state index in [4.69, 9.17) is 5.11 Å². The number of amides is 2. The maximum atomic E-state index is 11.8. The summed E-state index contributed by atoms with van der Waals surface area (Å²) >= 11 is 0. The van der Waals surface area contributed by atoms with Crippen LogP contribution >= 0.6 is 0 Å². The molecule has 1 aromatic heterocycles. The summed E-state index contributed by atoms with van der Waals surface area (Å²) in [5, 5.41) is 11.6. The molecule has 0 aliphatic carbocycles. The van der Waals surface area contributed by atoms with Crippen molar-refractivity contribution < 1.29 is 14.7 Å². The summed E-state index contributed by atoms with van der Waals surface area (Å²) in [6.07, 6.45) is 3.20. The van der Waals surface area contributed by atoms with E-state index in [9.17, 15) is 9.59 Å². The number of aliphatic carboxylic acids is 1. The molecule has 0 unspecified atom stereocenters. The van der Waals surface area contributed by atoms with Crippen molar-refractivity contribution in [2.75, 3.05) is 13.1 Å². The molecular formula is C11H18N4O3. The number of carbonyl (C=O) groups is 2. The molecule has 3 N–H and O–H groups in total. The van der Waals surface area contributed by atoms with E-state index in [1.54, 1.807) is 6.20 Å². The quantitative estimate of drug-likeness (QED) is 0.686. The standard InChI is InChI=1S/C11H18N4O3/c1-3-15(4-2)11(18)14-9(10(16)17)5-8-6-12-7-13-8/h6-7,9H,3-5H2,1-2H3,(H,12,13)(H,14,18)(H,16,17)/t9-/m1/s1. The van der Waals surface area contributed by atoms with E-state index in [1.165, 1.54) is 11.2 Å². The van der Waals surface area contributed by atoms with E-state index in [2.05, 4.69) is 15.3 Å². The fourth-order valence-corrected chi connectivity index (χ4v) is 1.57. The topological polar surface area (TPSA) is 98.3 Å². The number of aromatic amines is 1. The Morgan fingerprint density at radius 2 is 2.17 bits per heavy atom. The van der Waals surface area contributed by atoms with Crippen LogP contribution in [-0.4, -0.2) is 51.1 Å². The highest BCUT2D eigenvalue weighted by Crippen LogP contribution is 2.00. The molecule has 2 amide bonds. The third kappa shape index (κ3) is 3.76. The van der Waals surface area contributed by atoms with Crippen molar-refractivity contribution >= 4 is 12.0 Å². The van der Waals surface area contributed by atoms with Gasteiger partial charge in [0.25, 0.3) is 0 Å². The van der Waals surface area contributed by atoms with Crippen LogP contribution in [0.2, 0.25) is 0 Å².